The topological polar surface area (TPSA) is 84.7 Å². The van der Waals surface area contributed by atoms with Crippen molar-refractivity contribution in [3.05, 3.63) is 59.6 Å². The summed E-state index contributed by atoms with van der Waals surface area (Å²) < 4.78 is 26.3. The molecule has 0 radical (unpaired) electrons. The van der Waals surface area contributed by atoms with Crippen LogP contribution in [0.3, 0.4) is 0 Å². The van der Waals surface area contributed by atoms with E-state index in [1.54, 1.807) is 24.3 Å². The molecule has 8 nitrogen and oxygen atoms in total. The first-order valence-corrected chi connectivity index (χ1v) is 10.4. The molecule has 31 heavy (non-hydrogen) atoms. The summed E-state index contributed by atoms with van der Waals surface area (Å²) in [5.74, 6) is -1.24. The minimum Gasteiger partial charge on any atom is -0.459 e. The molecule has 0 N–H and O–H groups in total. The fourth-order valence-electron chi connectivity index (χ4n) is 4.37. The molecule has 3 aromatic rings. The number of ether oxygens (including phenoxy) is 4. The van der Waals surface area contributed by atoms with Gasteiger partial charge in [-0.1, -0.05) is 29.8 Å². The monoisotopic (exact) mass is 443 g/mol. The minimum atomic E-state index is -0.835. The molecule has 3 unspecified atom stereocenters. The molecule has 162 valence electrons. The molecular formula is C22H22ClN3O5. The van der Waals surface area contributed by atoms with Crippen molar-refractivity contribution in [2.75, 3.05) is 6.61 Å². The van der Waals surface area contributed by atoms with Gasteiger partial charge in [0.05, 0.1) is 10.9 Å². The molecule has 2 fully saturated rings. The first-order valence-electron chi connectivity index (χ1n) is 10.0. The smallest absolute Gasteiger partial charge is 0.338 e. The molecule has 0 saturated carbocycles. The lowest BCUT2D eigenvalue weighted by Gasteiger charge is -2.29. The average Bonchev–Trinajstić information content (AvgIpc) is 3.35. The molecule has 2 aliphatic heterocycles. The quantitative estimate of drug-likeness (QED) is 0.448. The number of benzene rings is 1. The Hall–Kier alpha value is -2.52. The highest BCUT2D eigenvalue weighted by Crippen LogP contribution is 2.50. The summed E-state index contributed by atoms with van der Waals surface area (Å²) in [6, 6.07) is 10.7. The van der Waals surface area contributed by atoms with E-state index in [0.717, 1.165) is 0 Å². The first kappa shape index (κ1) is 20.4. The lowest BCUT2D eigenvalue weighted by molar-refractivity contribution is -0.214. The molecule has 2 saturated heterocycles. The zero-order valence-corrected chi connectivity index (χ0v) is 18.1. The van der Waals surface area contributed by atoms with Gasteiger partial charge in [-0.25, -0.2) is 14.8 Å². The molecule has 0 amide bonds. The maximum atomic E-state index is 12.5. The van der Waals surface area contributed by atoms with Crippen LogP contribution in [-0.2, 0) is 18.9 Å². The number of rotatable bonds is 4. The molecule has 5 rings (SSSR count). The van der Waals surface area contributed by atoms with E-state index in [-0.39, 0.29) is 6.61 Å². The second-order valence-electron chi connectivity index (χ2n) is 8.33. The second kappa shape index (κ2) is 7.27. The van der Waals surface area contributed by atoms with Crippen LogP contribution in [0.1, 0.15) is 37.4 Å². The van der Waals surface area contributed by atoms with Gasteiger partial charge in [0.2, 0.25) is 0 Å². The fourth-order valence-corrected chi connectivity index (χ4v) is 4.56. The summed E-state index contributed by atoms with van der Waals surface area (Å²) in [6.45, 7) is 5.65. The summed E-state index contributed by atoms with van der Waals surface area (Å²) in [7, 11) is 0. The SMILES string of the molecule is CC1(C)OC2C(n3ccc4c(Cl)ncnc43)OC(COC(=O)c3ccccc3)[C@@]2(C)O1. The zero-order valence-electron chi connectivity index (χ0n) is 17.3. The first-order chi connectivity index (χ1) is 14.8. The van der Waals surface area contributed by atoms with E-state index < -0.39 is 35.8 Å². The average molecular weight is 444 g/mol. The Kier molecular flexibility index (Phi) is 4.78. The Morgan fingerprint density at radius 3 is 2.74 bits per heavy atom. The highest BCUT2D eigenvalue weighted by atomic mass is 35.5. The number of carbonyl (C=O) groups excluding carboxylic acids is 1. The van der Waals surface area contributed by atoms with Crippen molar-refractivity contribution in [3.8, 4) is 0 Å². The number of esters is 1. The Labute approximate surface area is 184 Å². The zero-order chi connectivity index (χ0) is 21.8. The molecule has 4 atom stereocenters. The van der Waals surface area contributed by atoms with Gasteiger partial charge in [-0.2, -0.15) is 0 Å². The maximum Gasteiger partial charge on any atom is 0.338 e. The van der Waals surface area contributed by atoms with Gasteiger partial charge in [0.25, 0.3) is 0 Å². The summed E-state index contributed by atoms with van der Waals surface area (Å²) in [5.41, 5.74) is 0.270. The van der Waals surface area contributed by atoms with Gasteiger partial charge in [0, 0.05) is 6.20 Å². The maximum absolute atomic E-state index is 12.5. The van der Waals surface area contributed by atoms with Gasteiger partial charge >= 0.3 is 5.97 Å². The van der Waals surface area contributed by atoms with E-state index in [2.05, 4.69) is 9.97 Å². The highest BCUT2D eigenvalue weighted by molar-refractivity contribution is 6.33. The number of hydrogen-bond donors (Lipinski definition) is 0. The van der Waals surface area contributed by atoms with Crippen LogP contribution < -0.4 is 0 Å². The van der Waals surface area contributed by atoms with Crippen LogP contribution >= 0.6 is 11.6 Å². The van der Waals surface area contributed by atoms with Gasteiger partial charge in [0.1, 0.15) is 41.5 Å². The third kappa shape index (κ3) is 3.40. The molecule has 0 aliphatic carbocycles. The van der Waals surface area contributed by atoms with Crippen LogP contribution in [0.5, 0.6) is 0 Å². The molecular weight excluding hydrogens is 422 g/mol. The molecule has 0 bridgehead atoms. The van der Waals surface area contributed by atoms with Gasteiger partial charge in [-0.3, -0.25) is 0 Å². The van der Waals surface area contributed by atoms with E-state index in [0.29, 0.717) is 21.7 Å². The third-order valence-corrected chi connectivity index (χ3v) is 6.05. The standard InChI is InChI=1S/C22H22ClN3O5/c1-21(2)30-16-19(26-10-9-14-17(23)24-12-25-18(14)26)29-15(22(16,3)31-21)11-28-20(27)13-7-5-4-6-8-13/h4-10,12,15-16,19H,11H2,1-3H3/t15?,16?,19?,22-/m1/s1. The van der Waals surface area contributed by atoms with Crippen molar-refractivity contribution in [2.45, 2.75) is 50.6 Å². The number of aromatic nitrogens is 3. The Bertz CT molecular complexity index is 1130. The van der Waals surface area contributed by atoms with Crippen LogP contribution in [0.4, 0.5) is 0 Å². The molecule has 9 heteroatoms. The van der Waals surface area contributed by atoms with Crippen molar-refractivity contribution >= 4 is 28.6 Å². The second-order valence-corrected chi connectivity index (χ2v) is 8.69. The minimum absolute atomic E-state index is 0.0195. The van der Waals surface area contributed by atoms with Gasteiger partial charge in [0.15, 0.2) is 12.0 Å². The van der Waals surface area contributed by atoms with Crippen LogP contribution in [0, 0.1) is 0 Å². The number of carbonyl (C=O) groups is 1. The van der Waals surface area contributed by atoms with E-state index >= 15 is 0 Å². The van der Waals surface area contributed by atoms with Crippen molar-refractivity contribution in [1.82, 2.24) is 14.5 Å². The lowest BCUT2D eigenvalue weighted by atomic mass is 9.95. The molecule has 4 heterocycles. The molecule has 1 aromatic carbocycles. The Balaban J connectivity index is 1.44. The van der Waals surface area contributed by atoms with Crippen molar-refractivity contribution < 1.29 is 23.7 Å². The van der Waals surface area contributed by atoms with E-state index in [1.807, 2.05) is 43.7 Å². The van der Waals surface area contributed by atoms with Crippen LogP contribution in [0.2, 0.25) is 5.15 Å². The van der Waals surface area contributed by atoms with Crippen LogP contribution in [0.25, 0.3) is 11.0 Å². The third-order valence-electron chi connectivity index (χ3n) is 5.75. The predicted molar refractivity (Wildman–Crippen MR) is 112 cm³/mol. The predicted octanol–water partition coefficient (Wildman–Crippen LogP) is 3.75. The molecule has 2 aliphatic rings. The summed E-state index contributed by atoms with van der Waals surface area (Å²) >= 11 is 6.21. The van der Waals surface area contributed by atoms with Crippen molar-refractivity contribution in [1.29, 1.82) is 0 Å². The summed E-state index contributed by atoms with van der Waals surface area (Å²) in [5, 5.41) is 1.08. The summed E-state index contributed by atoms with van der Waals surface area (Å²) in [4.78, 5) is 20.9. The largest absolute Gasteiger partial charge is 0.459 e. The van der Waals surface area contributed by atoms with E-state index in [4.69, 9.17) is 30.5 Å². The van der Waals surface area contributed by atoms with Gasteiger partial charge in [-0.15, -0.1) is 0 Å². The fraction of sp³-hybridized carbons (Fsp3) is 0.409. The Morgan fingerprint density at radius 2 is 1.97 bits per heavy atom. The van der Waals surface area contributed by atoms with Crippen LogP contribution in [-0.4, -0.2) is 50.7 Å². The summed E-state index contributed by atoms with van der Waals surface area (Å²) in [6.07, 6.45) is 1.70. The van der Waals surface area contributed by atoms with Crippen molar-refractivity contribution in [3.63, 3.8) is 0 Å². The van der Waals surface area contributed by atoms with Gasteiger partial charge in [-0.05, 0) is 39.0 Å². The number of hydrogen-bond acceptors (Lipinski definition) is 7. The molecule has 2 aromatic heterocycles. The van der Waals surface area contributed by atoms with Crippen molar-refractivity contribution in [2.24, 2.45) is 0 Å². The lowest BCUT2D eigenvalue weighted by Crippen LogP contribution is -2.45. The van der Waals surface area contributed by atoms with E-state index in [1.165, 1.54) is 6.33 Å². The number of halogens is 1. The van der Waals surface area contributed by atoms with E-state index in [9.17, 15) is 4.79 Å². The normalized spacial score (nSPS) is 29.2. The Morgan fingerprint density at radius 1 is 1.19 bits per heavy atom. The molecule has 0 spiro atoms. The van der Waals surface area contributed by atoms with Gasteiger partial charge < -0.3 is 23.5 Å². The number of nitrogens with zero attached hydrogens (tertiary/aromatic N) is 3. The number of fused-ring (bicyclic) bond motifs is 2. The van der Waals surface area contributed by atoms with Crippen LogP contribution in [0.15, 0.2) is 48.9 Å². The highest BCUT2D eigenvalue weighted by Gasteiger charge is 2.64.